The molecule has 1 aliphatic heterocycles. The maximum atomic E-state index is 11.8. The molecule has 0 spiro atoms. The normalized spacial score (nSPS) is 15.4. The van der Waals surface area contributed by atoms with E-state index in [2.05, 4.69) is 24.9 Å². The minimum atomic E-state index is -0.454. The lowest BCUT2D eigenvalue weighted by atomic mass is 10.1. The van der Waals surface area contributed by atoms with Crippen molar-refractivity contribution in [3.63, 3.8) is 0 Å². The van der Waals surface area contributed by atoms with E-state index in [9.17, 15) is 10.1 Å². The highest BCUT2D eigenvalue weighted by Crippen LogP contribution is 2.37. The number of nitrogens with one attached hydrogen (secondary N) is 1. The van der Waals surface area contributed by atoms with Crippen LogP contribution in [0.4, 0.5) is 17.3 Å². The first-order valence-corrected chi connectivity index (χ1v) is 9.74. The summed E-state index contributed by atoms with van der Waals surface area (Å²) in [4.78, 5) is 21.4. The van der Waals surface area contributed by atoms with E-state index >= 15 is 0 Å². The molecule has 1 N–H and O–H groups in total. The van der Waals surface area contributed by atoms with Crippen molar-refractivity contribution in [3.8, 4) is 11.3 Å². The molecule has 29 heavy (non-hydrogen) atoms. The van der Waals surface area contributed by atoms with Crippen LogP contribution in [0.15, 0.2) is 36.0 Å². The molecule has 10 nitrogen and oxygen atoms in total. The van der Waals surface area contributed by atoms with Crippen molar-refractivity contribution in [2.75, 3.05) is 23.6 Å². The van der Waals surface area contributed by atoms with Crippen molar-refractivity contribution < 1.29 is 9.66 Å². The van der Waals surface area contributed by atoms with E-state index in [1.54, 1.807) is 4.90 Å². The van der Waals surface area contributed by atoms with Gasteiger partial charge < -0.3 is 15.0 Å². The molecule has 150 valence electrons. The Balaban J connectivity index is 1.56. The number of ether oxygens (including phenoxy) is 1. The van der Waals surface area contributed by atoms with E-state index in [1.165, 1.54) is 17.9 Å². The van der Waals surface area contributed by atoms with E-state index < -0.39 is 10.5 Å². The van der Waals surface area contributed by atoms with E-state index in [0.717, 1.165) is 16.8 Å². The molecule has 0 radical (unpaired) electrons. The highest BCUT2D eigenvalue weighted by molar-refractivity contribution is 7.03. The molecule has 3 aromatic rings. The third-order valence-corrected chi connectivity index (χ3v) is 5.22. The Labute approximate surface area is 170 Å². The molecule has 0 unspecified atom stereocenters. The third kappa shape index (κ3) is 3.87. The number of rotatable bonds is 6. The molecule has 4 rings (SSSR count). The van der Waals surface area contributed by atoms with Gasteiger partial charge in [0.2, 0.25) is 11.6 Å². The quantitative estimate of drug-likeness (QED) is 0.480. The summed E-state index contributed by atoms with van der Waals surface area (Å²) in [5.41, 5.74) is 2.19. The van der Waals surface area contributed by atoms with Crippen LogP contribution in [0.25, 0.3) is 11.3 Å². The smallest absolute Gasteiger partial charge is 0.353 e. The summed E-state index contributed by atoms with van der Waals surface area (Å²) in [5.74, 6) is 0.428. The number of hydrogen-bond acceptors (Lipinski definition) is 10. The average molecular weight is 413 g/mol. The van der Waals surface area contributed by atoms with Gasteiger partial charge in [-0.1, -0.05) is 28.8 Å². The first kappa shape index (κ1) is 19.2. The summed E-state index contributed by atoms with van der Waals surface area (Å²) < 4.78 is 9.35. The zero-order chi connectivity index (χ0) is 20.4. The molecule has 0 aliphatic carbocycles. The van der Waals surface area contributed by atoms with Crippen LogP contribution in [0.2, 0.25) is 0 Å². The number of aromatic nitrogens is 4. The van der Waals surface area contributed by atoms with Gasteiger partial charge in [-0.2, -0.15) is 0 Å². The number of nitrogens with zero attached hydrogens (tertiary/aromatic N) is 6. The summed E-state index contributed by atoms with van der Waals surface area (Å²) >= 11 is 1.30. The van der Waals surface area contributed by atoms with Gasteiger partial charge >= 0.3 is 5.69 Å². The lowest BCUT2D eigenvalue weighted by molar-refractivity contribution is -0.383. The minimum absolute atomic E-state index is 0.156. The van der Waals surface area contributed by atoms with Crippen LogP contribution >= 0.6 is 11.5 Å². The predicted molar refractivity (Wildman–Crippen MR) is 109 cm³/mol. The summed E-state index contributed by atoms with van der Waals surface area (Å²) in [6.45, 7) is 5.01. The van der Waals surface area contributed by atoms with E-state index in [4.69, 9.17) is 4.74 Å². The lowest BCUT2D eigenvalue weighted by Crippen LogP contribution is -2.41. The number of hydrogen-bond donors (Lipinski definition) is 1. The molecule has 1 saturated heterocycles. The van der Waals surface area contributed by atoms with E-state index in [-0.39, 0.29) is 24.1 Å². The Kier molecular flexibility index (Phi) is 5.07. The molecule has 1 aromatic carbocycles. The second-order valence-corrected chi connectivity index (χ2v) is 7.82. The zero-order valence-corrected chi connectivity index (χ0v) is 16.7. The monoisotopic (exact) mass is 413 g/mol. The summed E-state index contributed by atoms with van der Waals surface area (Å²) in [7, 11) is 0. The Bertz CT molecular complexity index is 1010. The van der Waals surface area contributed by atoms with Gasteiger partial charge in [0.1, 0.15) is 18.8 Å². The number of benzene rings is 1. The molecule has 11 heteroatoms. The first-order valence-electron chi connectivity index (χ1n) is 8.91. The topological polar surface area (TPSA) is 119 Å². The Hall–Kier alpha value is -3.18. The van der Waals surface area contributed by atoms with Gasteiger partial charge in [-0.3, -0.25) is 10.1 Å². The van der Waals surface area contributed by atoms with Crippen LogP contribution in [-0.2, 0) is 11.3 Å². The molecule has 0 bridgehead atoms. The zero-order valence-electron chi connectivity index (χ0n) is 15.9. The van der Waals surface area contributed by atoms with Crippen molar-refractivity contribution in [1.82, 2.24) is 19.6 Å². The summed E-state index contributed by atoms with van der Waals surface area (Å²) in [6.07, 6.45) is 1.33. The first-order chi connectivity index (χ1) is 14.0. The maximum absolute atomic E-state index is 11.8. The van der Waals surface area contributed by atoms with Crippen molar-refractivity contribution in [3.05, 3.63) is 51.7 Å². The fourth-order valence-electron chi connectivity index (χ4n) is 3.12. The summed E-state index contributed by atoms with van der Waals surface area (Å²) in [6, 6.07) is 7.76. The van der Waals surface area contributed by atoms with E-state index in [0.29, 0.717) is 13.2 Å². The van der Waals surface area contributed by atoms with Crippen LogP contribution < -0.4 is 10.2 Å². The van der Waals surface area contributed by atoms with Gasteiger partial charge in [0.15, 0.2) is 0 Å². The Morgan fingerprint density at radius 1 is 1.31 bits per heavy atom. The van der Waals surface area contributed by atoms with Crippen LogP contribution in [0, 0.1) is 10.1 Å². The van der Waals surface area contributed by atoms with Gasteiger partial charge in [0, 0.05) is 17.5 Å². The highest BCUT2D eigenvalue weighted by Gasteiger charge is 2.39. The van der Waals surface area contributed by atoms with Crippen LogP contribution in [0.1, 0.15) is 19.4 Å². The van der Waals surface area contributed by atoms with Gasteiger partial charge in [-0.25, -0.2) is 9.97 Å². The fourth-order valence-corrected chi connectivity index (χ4v) is 3.59. The molecular formula is C18H19N7O3S. The largest absolute Gasteiger partial charge is 0.360 e. The molecule has 1 aliphatic rings. The number of anilines is 2. The van der Waals surface area contributed by atoms with Gasteiger partial charge in [0.05, 0.1) is 17.1 Å². The minimum Gasteiger partial charge on any atom is -0.360 e. The van der Waals surface area contributed by atoms with Gasteiger partial charge in [-0.15, -0.1) is 5.10 Å². The molecular weight excluding hydrogens is 394 g/mol. The molecule has 0 saturated carbocycles. The van der Waals surface area contributed by atoms with Crippen molar-refractivity contribution >= 4 is 28.9 Å². The summed E-state index contributed by atoms with van der Waals surface area (Å²) in [5, 5.41) is 20.8. The number of nitro groups is 1. The maximum Gasteiger partial charge on any atom is 0.353 e. The average Bonchev–Trinajstić information content (AvgIpc) is 3.35. The predicted octanol–water partition coefficient (Wildman–Crippen LogP) is 3.09. The molecule has 3 heterocycles. The van der Waals surface area contributed by atoms with Crippen LogP contribution in [0.5, 0.6) is 0 Å². The van der Waals surface area contributed by atoms with Gasteiger partial charge in [-0.05, 0) is 30.9 Å². The van der Waals surface area contributed by atoms with E-state index in [1.807, 2.05) is 43.5 Å². The lowest BCUT2D eigenvalue weighted by Gasteiger charge is -2.29. The second kappa shape index (κ2) is 7.68. The highest BCUT2D eigenvalue weighted by atomic mass is 32.1. The Morgan fingerprint density at radius 3 is 2.72 bits per heavy atom. The SMILES string of the molecule is CC1(C)COCN1c1ncnc(NCc2ccc(-c3csnn3)cc2)c1[N+](=O)[O-]. The third-order valence-electron chi connectivity index (χ3n) is 4.72. The molecule has 1 fully saturated rings. The second-order valence-electron chi connectivity index (χ2n) is 7.21. The van der Waals surface area contributed by atoms with Crippen molar-refractivity contribution in [1.29, 1.82) is 0 Å². The van der Waals surface area contributed by atoms with Crippen LogP contribution in [0.3, 0.4) is 0 Å². The van der Waals surface area contributed by atoms with Crippen LogP contribution in [-0.4, -0.2) is 43.4 Å². The van der Waals surface area contributed by atoms with Crippen molar-refractivity contribution in [2.45, 2.75) is 25.9 Å². The Morgan fingerprint density at radius 2 is 2.10 bits per heavy atom. The fraction of sp³-hybridized carbons (Fsp3) is 0.333. The molecule has 2 aromatic heterocycles. The van der Waals surface area contributed by atoms with Gasteiger partial charge in [0.25, 0.3) is 0 Å². The standard InChI is InChI=1S/C18H19N7O3S/c1-18(2)9-28-11-24(18)17-15(25(26)27)16(20-10-21-17)19-7-12-3-5-13(6-4-12)14-8-29-23-22-14/h3-6,8,10H,7,9,11H2,1-2H3,(H,19,20,21). The van der Waals surface area contributed by atoms with Crippen molar-refractivity contribution in [2.24, 2.45) is 0 Å². The molecule has 0 atom stereocenters. The molecule has 0 amide bonds.